The second kappa shape index (κ2) is 5.49. The summed E-state index contributed by atoms with van der Waals surface area (Å²) in [6.45, 7) is 5.37. The summed E-state index contributed by atoms with van der Waals surface area (Å²) in [6, 6.07) is 3.60. The zero-order chi connectivity index (χ0) is 12.1. The van der Waals surface area contributed by atoms with Gasteiger partial charge in [-0.25, -0.2) is 4.98 Å². The third-order valence-electron chi connectivity index (χ3n) is 2.49. The van der Waals surface area contributed by atoms with E-state index >= 15 is 0 Å². The van der Waals surface area contributed by atoms with Gasteiger partial charge in [0.05, 0.1) is 0 Å². The first-order chi connectivity index (χ1) is 7.50. The minimum absolute atomic E-state index is 0.0842. The summed E-state index contributed by atoms with van der Waals surface area (Å²) in [6.07, 6.45) is 2.82. The molecule has 0 aliphatic rings. The quantitative estimate of drug-likeness (QED) is 0.588. The number of nitrogens with two attached hydrogens (primary N) is 1. The summed E-state index contributed by atoms with van der Waals surface area (Å²) in [5.41, 5.74) is 6.17. The Morgan fingerprint density at radius 3 is 2.81 bits per heavy atom. The lowest BCUT2D eigenvalue weighted by Gasteiger charge is -2.19. The fraction of sp³-hybridized carbons (Fsp3) is 0.500. The molecule has 1 rings (SSSR count). The van der Waals surface area contributed by atoms with Crippen molar-refractivity contribution in [1.82, 2.24) is 4.98 Å². The van der Waals surface area contributed by atoms with Gasteiger partial charge in [0.15, 0.2) is 0 Å². The normalized spacial score (nSPS) is 10.5. The van der Waals surface area contributed by atoms with E-state index in [-0.39, 0.29) is 5.84 Å². The predicted octanol–water partition coefficient (Wildman–Crippen LogP) is 1.85. The Kier molecular flexibility index (Phi) is 4.28. The maximum Gasteiger partial charge on any atom is 0.128 e. The summed E-state index contributed by atoms with van der Waals surface area (Å²) >= 11 is 0. The van der Waals surface area contributed by atoms with E-state index in [1.807, 2.05) is 13.1 Å². The number of nitrogen functional groups attached to an aromatic ring is 1. The molecule has 1 aromatic heterocycles. The van der Waals surface area contributed by atoms with Gasteiger partial charge in [-0.3, -0.25) is 5.41 Å². The van der Waals surface area contributed by atoms with Crippen LogP contribution >= 0.6 is 0 Å². The number of nitrogens with zero attached hydrogens (tertiary/aromatic N) is 2. The van der Waals surface area contributed by atoms with Crippen LogP contribution in [0.25, 0.3) is 0 Å². The molecule has 0 fully saturated rings. The zero-order valence-electron chi connectivity index (χ0n) is 10.2. The summed E-state index contributed by atoms with van der Waals surface area (Å²) in [4.78, 5) is 6.36. The lowest BCUT2D eigenvalue weighted by atomic mass is 10.1. The minimum atomic E-state index is 0.0842. The van der Waals surface area contributed by atoms with Crippen LogP contribution in [0.3, 0.4) is 0 Å². The van der Waals surface area contributed by atoms with Crippen LogP contribution in [0.5, 0.6) is 0 Å². The molecule has 0 atom stereocenters. The number of nitrogens with one attached hydrogen (secondary N) is 1. The van der Waals surface area contributed by atoms with E-state index in [4.69, 9.17) is 11.1 Å². The molecule has 0 radical (unpaired) electrons. The minimum Gasteiger partial charge on any atom is -0.384 e. The van der Waals surface area contributed by atoms with E-state index in [2.05, 4.69) is 23.7 Å². The van der Waals surface area contributed by atoms with Gasteiger partial charge in [0.25, 0.3) is 0 Å². The highest BCUT2D eigenvalue weighted by Crippen LogP contribution is 2.12. The van der Waals surface area contributed by atoms with E-state index in [0.29, 0.717) is 5.92 Å². The van der Waals surface area contributed by atoms with Crippen molar-refractivity contribution >= 4 is 11.7 Å². The number of pyridine rings is 1. The highest BCUT2D eigenvalue weighted by molar-refractivity contribution is 5.95. The summed E-state index contributed by atoms with van der Waals surface area (Å²) in [5, 5.41) is 7.37. The molecule has 0 aromatic carbocycles. The Bertz CT molecular complexity index is 360. The Morgan fingerprint density at radius 2 is 2.25 bits per heavy atom. The smallest absolute Gasteiger partial charge is 0.128 e. The van der Waals surface area contributed by atoms with Gasteiger partial charge in [-0.1, -0.05) is 13.8 Å². The van der Waals surface area contributed by atoms with Crippen molar-refractivity contribution in [3.05, 3.63) is 23.9 Å². The number of rotatable bonds is 5. The van der Waals surface area contributed by atoms with Crippen molar-refractivity contribution in [1.29, 1.82) is 5.41 Å². The van der Waals surface area contributed by atoms with Gasteiger partial charge in [0.2, 0.25) is 0 Å². The van der Waals surface area contributed by atoms with Crippen LogP contribution in [0.15, 0.2) is 18.3 Å². The average Bonchev–Trinajstić information content (AvgIpc) is 2.26. The first kappa shape index (κ1) is 12.5. The van der Waals surface area contributed by atoms with E-state index in [0.717, 1.165) is 24.3 Å². The number of anilines is 1. The molecule has 4 nitrogen and oxygen atoms in total. The monoisotopic (exact) mass is 220 g/mol. The highest BCUT2D eigenvalue weighted by atomic mass is 15.2. The predicted molar refractivity (Wildman–Crippen MR) is 68.0 cm³/mol. The molecule has 0 saturated heterocycles. The zero-order valence-corrected chi connectivity index (χ0v) is 10.2. The fourth-order valence-electron chi connectivity index (χ4n) is 1.36. The second-order valence-electron chi connectivity index (χ2n) is 4.42. The largest absolute Gasteiger partial charge is 0.384 e. The molecule has 0 spiro atoms. The van der Waals surface area contributed by atoms with Crippen molar-refractivity contribution in [3.8, 4) is 0 Å². The fourth-order valence-corrected chi connectivity index (χ4v) is 1.36. The van der Waals surface area contributed by atoms with Crippen LogP contribution < -0.4 is 10.6 Å². The molecule has 0 aliphatic heterocycles. The molecule has 0 saturated carbocycles. The van der Waals surface area contributed by atoms with Gasteiger partial charge in [-0.05, 0) is 24.5 Å². The van der Waals surface area contributed by atoms with Gasteiger partial charge < -0.3 is 10.6 Å². The molecule has 16 heavy (non-hydrogen) atoms. The first-order valence-electron chi connectivity index (χ1n) is 5.52. The van der Waals surface area contributed by atoms with Gasteiger partial charge in [-0.2, -0.15) is 0 Å². The Labute approximate surface area is 97.0 Å². The van der Waals surface area contributed by atoms with Crippen molar-refractivity contribution in [2.45, 2.75) is 20.3 Å². The van der Waals surface area contributed by atoms with Crippen molar-refractivity contribution in [2.24, 2.45) is 11.7 Å². The van der Waals surface area contributed by atoms with Crippen LogP contribution in [0.2, 0.25) is 0 Å². The van der Waals surface area contributed by atoms with E-state index in [9.17, 15) is 0 Å². The molecule has 88 valence electrons. The Balaban J connectivity index is 2.71. The Hall–Kier alpha value is -1.58. The lowest BCUT2D eigenvalue weighted by Crippen LogP contribution is -2.22. The van der Waals surface area contributed by atoms with Crippen molar-refractivity contribution < 1.29 is 0 Å². The van der Waals surface area contributed by atoms with Gasteiger partial charge in [0.1, 0.15) is 11.7 Å². The molecule has 1 aromatic rings. The Morgan fingerprint density at radius 1 is 1.56 bits per heavy atom. The van der Waals surface area contributed by atoms with Crippen LogP contribution in [0.4, 0.5) is 5.82 Å². The van der Waals surface area contributed by atoms with Crippen LogP contribution in [-0.2, 0) is 0 Å². The summed E-state index contributed by atoms with van der Waals surface area (Å²) in [5.74, 6) is 1.63. The molecule has 3 N–H and O–H groups in total. The summed E-state index contributed by atoms with van der Waals surface area (Å²) in [7, 11) is 2.01. The van der Waals surface area contributed by atoms with Crippen molar-refractivity contribution in [3.63, 3.8) is 0 Å². The van der Waals surface area contributed by atoms with E-state index in [1.165, 1.54) is 0 Å². The third kappa shape index (κ3) is 3.53. The van der Waals surface area contributed by atoms with E-state index < -0.39 is 0 Å². The number of hydrogen-bond acceptors (Lipinski definition) is 3. The third-order valence-corrected chi connectivity index (χ3v) is 2.49. The molecule has 0 bridgehead atoms. The maximum atomic E-state index is 7.37. The summed E-state index contributed by atoms with van der Waals surface area (Å²) < 4.78 is 0. The molecule has 4 heteroatoms. The molecule has 0 amide bonds. The van der Waals surface area contributed by atoms with Crippen LogP contribution in [-0.4, -0.2) is 24.4 Å². The van der Waals surface area contributed by atoms with Crippen LogP contribution in [0.1, 0.15) is 25.8 Å². The SMILES string of the molecule is CC(C)CCN(C)c1cc(C(=N)N)ccn1. The second-order valence-corrected chi connectivity index (χ2v) is 4.42. The lowest BCUT2D eigenvalue weighted by molar-refractivity contribution is 0.583. The molecule has 0 unspecified atom stereocenters. The maximum absolute atomic E-state index is 7.37. The van der Waals surface area contributed by atoms with Gasteiger partial charge >= 0.3 is 0 Å². The van der Waals surface area contributed by atoms with E-state index in [1.54, 1.807) is 12.3 Å². The number of hydrogen-bond donors (Lipinski definition) is 2. The molecular formula is C12H20N4. The molecule has 1 heterocycles. The van der Waals surface area contributed by atoms with Crippen molar-refractivity contribution in [2.75, 3.05) is 18.5 Å². The molecular weight excluding hydrogens is 200 g/mol. The van der Waals surface area contributed by atoms with Gasteiger partial charge in [0, 0.05) is 25.4 Å². The number of amidine groups is 1. The van der Waals surface area contributed by atoms with Crippen LogP contribution in [0, 0.1) is 11.3 Å². The van der Waals surface area contributed by atoms with Gasteiger partial charge in [-0.15, -0.1) is 0 Å². The highest BCUT2D eigenvalue weighted by Gasteiger charge is 2.05. The molecule has 0 aliphatic carbocycles. The number of aromatic nitrogens is 1. The average molecular weight is 220 g/mol. The standard InChI is InChI=1S/C12H20N4/c1-9(2)5-7-16(3)11-8-10(12(13)14)4-6-15-11/h4,6,8-9H,5,7H2,1-3H3,(H3,13,14). The topological polar surface area (TPSA) is 66.0 Å². The first-order valence-corrected chi connectivity index (χ1v) is 5.52.